The van der Waals surface area contributed by atoms with Gasteiger partial charge in [0, 0.05) is 37.7 Å². The molecule has 0 unspecified atom stereocenters. The minimum atomic E-state index is 0. The molecule has 0 aliphatic carbocycles. The van der Waals surface area contributed by atoms with E-state index < -0.39 is 0 Å². The second-order valence-electron chi connectivity index (χ2n) is 3.14. The molecule has 0 aromatic heterocycles. The second kappa shape index (κ2) is 7.22. The number of hydrogen-bond donors (Lipinski definition) is 0. The third-order valence-electron chi connectivity index (χ3n) is 1.85. The van der Waals surface area contributed by atoms with E-state index in [9.17, 15) is 0 Å². The minimum Gasteiger partial charge on any atom is -0.0955 e. The van der Waals surface area contributed by atoms with Gasteiger partial charge in [-0.05, 0) is 31.0 Å². The fourth-order valence-electron chi connectivity index (χ4n) is 1.05. The normalized spacial score (nSPS) is 8.14. The zero-order chi connectivity index (χ0) is 9.14. The van der Waals surface area contributed by atoms with Crippen LogP contribution in [-0.2, 0) is 0 Å². The summed E-state index contributed by atoms with van der Waals surface area (Å²) in [5, 5.41) is 0. The largest absolute Gasteiger partial charge is 0.0955 e. The number of allylic oxidation sites excluding steroid dienone is 2. The molecule has 0 nitrogen and oxygen atoms in total. The molecule has 0 saturated heterocycles. The summed E-state index contributed by atoms with van der Waals surface area (Å²) in [5.74, 6) is 0. The SMILES string of the molecule is C=C(C)c1cccc(C(=C)C)c1.[Li].[Li]. The van der Waals surface area contributed by atoms with Crippen molar-refractivity contribution in [2.45, 2.75) is 13.8 Å². The molecule has 1 aromatic carbocycles. The molecule has 0 heterocycles. The summed E-state index contributed by atoms with van der Waals surface area (Å²) in [6, 6.07) is 8.28. The molecule has 64 valence electrons. The van der Waals surface area contributed by atoms with Gasteiger partial charge in [0.15, 0.2) is 0 Å². The molecule has 0 bridgehead atoms. The van der Waals surface area contributed by atoms with E-state index in [1.165, 1.54) is 11.1 Å². The monoisotopic (exact) mass is 172 g/mol. The van der Waals surface area contributed by atoms with E-state index in [1.54, 1.807) is 0 Å². The van der Waals surface area contributed by atoms with Crippen LogP contribution in [0.1, 0.15) is 25.0 Å². The van der Waals surface area contributed by atoms with Gasteiger partial charge in [0.2, 0.25) is 0 Å². The van der Waals surface area contributed by atoms with Crippen LogP contribution in [0.15, 0.2) is 37.4 Å². The first-order chi connectivity index (χ1) is 5.61. The zero-order valence-corrected chi connectivity index (χ0v) is 9.72. The first-order valence-electron chi connectivity index (χ1n) is 4.03. The van der Waals surface area contributed by atoms with Gasteiger partial charge in [0.25, 0.3) is 0 Å². The van der Waals surface area contributed by atoms with Crippen molar-refractivity contribution in [3.8, 4) is 0 Å². The van der Waals surface area contributed by atoms with Crippen molar-refractivity contribution in [1.29, 1.82) is 0 Å². The maximum Gasteiger partial charge on any atom is 0 e. The molecule has 2 heteroatoms. The van der Waals surface area contributed by atoms with Crippen molar-refractivity contribution in [3.63, 3.8) is 0 Å². The third kappa shape index (κ3) is 4.41. The Morgan fingerprint density at radius 1 is 0.929 bits per heavy atom. The molecule has 0 saturated carbocycles. The van der Waals surface area contributed by atoms with Gasteiger partial charge in [-0.25, -0.2) is 0 Å². The topological polar surface area (TPSA) is 0 Å². The molecule has 14 heavy (non-hydrogen) atoms. The summed E-state index contributed by atoms with van der Waals surface area (Å²) in [4.78, 5) is 0. The van der Waals surface area contributed by atoms with E-state index in [2.05, 4.69) is 31.4 Å². The summed E-state index contributed by atoms with van der Waals surface area (Å²) in [6.45, 7) is 11.8. The van der Waals surface area contributed by atoms with Crippen LogP contribution in [-0.4, -0.2) is 37.7 Å². The first kappa shape index (κ1) is 16.3. The predicted octanol–water partition coefficient (Wildman–Crippen LogP) is 2.99. The van der Waals surface area contributed by atoms with Crippen LogP contribution < -0.4 is 0 Å². The summed E-state index contributed by atoms with van der Waals surface area (Å²) in [6.07, 6.45) is 0. The predicted molar refractivity (Wildman–Crippen MR) is 67.4 cm³/mol. The number of rotatable bonds is 2. The van der Waals surface area contributed by atoms with E-state index in [0.717, 1.165) is 11.1 Å². The molecule has 0 spiro atoms. The Morgan fingerprint density at radius 2 is 1.29 bits per heavy atom. The molecule has 0 atom stereocenters. The number of benzene rings is 1. The Morgan fingerprint density at radius 3 is 1.57 bits per heavy atom. The van der Waals surface area contributed by atoms with Gasteiger partial charge in [-0.3, -0.25) is 0 Å². The maximum absolute atomic E-state index is 3.90. The average Bonchev–Trinajstić information content (AvgIpc) is 2.04. The van der Waals surface area contributed by atoms with E-state index >= 15 is 0 Å². The molecular formula is C12H14Li2. The van der Waals surface area contributed by atoms with Gasteiger partial charge in [0.05, 0.1) is 0 Å². The first-order valence-corrected chi connectivity index (χ1v) is 4.03. The van der Waals surface area contributed by atoms with Crippen molar-refractivity contribution in [2.75, 3.05) is 0 Å². The van der Waals surface area contributed by atoms with E-state index in [-0.39, 0.29) is 37.7 Å². The van der Waals surface area contributed by atoms with E-state index in [0.29, 0.717) is 0 Å². The minimum absolute atomic E-state index is 0. The van der Waals surface area contributed by atoms with Crippen molar-refractivity contribution in [1.82, 2.24) is 0 Å². The fourth-order valence-corrected chi connectivity index (χ4v) is 1.05. The van der Waals surface area contributed by atoms with Gasteiger partial charge >= 0.3 is 0 Å². The Balaban J connectivity index is 0. The maximum atomic E-state index is 3.90. The summed E-state index contributed by atoms with van der Waals surface area (Å²) in [7, 11) is 0. The van der Waals surface area contributed by atoms with Crippen LogP contribution in [0.5, 0.6) is 0 Å². The molecule has 1 rings (SSSR count). The van der Waals surface area contributed by atoms with Crippen LogP contribution in [0.3, 0.4) is 0 Å². The van der Waals surface area contributed by atoms with Crippen LogP contribution >= 0.6 is 0 Å². The fraction of sp³-hybridized carbons (Fsp3) is 0.167. The van der Waals surface area contributed by atoms with Gasteiger partial charge in [0.1, 0.15) is 0 Å². The second-order valence-corrected chi connectivity index (χ2v) is 3.14. The number of hydrogen-bond acceptors (Lipinski definition) is 0. The zero-order valence-electron chi connectivity index (χ0n) is 9.72. The molecule has 0 fully saturated rings. The quantitative estimate of drug-likeness (QED) is 0.601. The Hall–Kier alpha value is -0.105. The molecule has 0 amide bonds. The van der Waals surface area contributed by atoms with Crippen molar-refractivity contribution >= 4 is 48.9 Å². The molecule has 0 N–H and O–H groups in total. The Bertz CT molecular complexity index is 298. The molecular weight excluding hydrogens is 158 g/mol. The van der Waals surface area contributed by atoms with E-state index in [4.69, 9.17) is 0 Å². The van der Waals surface area contributed by atoms with Crippen molar-refractivity contribution < 1.29 is 0 Å². The van der Waals surface area contributed by atoms with Gasteiger partial charge < -0.3 is 0 Å². The molecule has 2 radical (unpaired) electrons. The van der Waals surface area contributed by atoms with Gasteiger partial charge in [-0.1, -0.05) is 42.5 Å². The summed E-state index contributed by atoms with van der Waals surface area (Å²) >= 11 is 0. The summed E-state index contributed by atoms with van der Waals surface area (Å²) in [5.41, 5.74) is 4.57. The molecule has 1 aromatic rings. The Labute approximate surface area is 111 Å². The Kier molecular flexibility index (Phi) is 8.42. The average molecular weight is 172 g/mol. The van der Waals surface area contributed by atoms with Crippen molar-refractivity contribution in [3.05, 3.63) is 48.6 Å². The van der Waals surface area contributed by atoms with Crippen molar-refractivity contribution in [2.24, 2.45) is 0 Å². The van der Waals surface area contributed by atoms with Crippen LogP contribution in [0.25, 0.3) is 11.1 Å². The smallest absolute Gasteiger partial charge is 0 e. The van der Waals surface area contributed by atoms with E-state index in [1.807, 2.05) is 19.9 Å². The van der Waals surface area contributed by atoms with Crippen LogP contribution in [0.4, 0.5) is 0 Å². The van der Waals surface area contributed by atoms with Crippen LogP contribution in [0, 0.1) is 0 Å². The van der Waals surface area contributed by atoms with Gasteiger partial charge in [-0.2, -0.15) is 0 Å². The summed E-state index contributed by atoms with van der Waals surface area (Å²) < 4.78 is 0. The van der Waals surface area contributed by atoms with Gasteiger partial charge in [-0.15, -0.1) is 0 Å². The molecule has 0 aliphatic heterocycles. The van der Waals surface area contributed by atoms with Crippen LogP contribution in [0.2, 0.25) is 0 Å². The standard InChI is InChI=1S/C12H14.2Li/c1-9(2)11-6-5-7-12(8-11)10(3)4;;/h5-8H,1,3H2,2,4H3;;. The molecule has 0 aliphatic rings. The third-order valence-corrected chi connectivity index (χ3v) is 1.85.